The third kappa shape index (κ3) is 28.9. The number of rotatable bonds is 7. The first-order valence-electron chi connectivity index (χ1n) is 7.61. The van der Waals surface area contributed by atoms with Crippen molar-refractivity contribution < 1.29 is 39.1 Å². The van der Waals surface area contributed by atoms with Gasteiger partial charge in [-0.2, -0.15) is 0 Å². The van der Waals surface area contributed by atoms with Crippen LogP contribution >= 0.6 is 0 Å². The number of hydrogen-bond acceptors (Lipinski definition) is 0. The van der Waals surface area contributed by atoms with Gasteiger partial charge in [0.2, 0.25) is 0 Å². The molecule has 1 rings (SSSR count). The Morgan fingerprint density at radius 3 is 1.62 bits per heavy atom. The Balaban J connectivity index is 0. The summed E-state index contributed by atoms with van der Waals surface area (Å²) in [4.78, 5) is 3.27. The van der Waals surface area contributed by atoms with Crippen molar-refractivity contribution in [2.45, 2.75) is 51.9 Å². The van der Waals surface area contributed by atoms with Crippen molar-refractivity contribution in [1.82, 2.24) is 4.98 Å². The standard InChI is InChI=1S/C12H22N2.2BF4/c1-3-4-5-6-7-8-9-12-13-10-11-14(12)2;2*2-1(3,4)5/h10-11H,3-9H2,1-2H3;;/q;2*-1/p+1. The van der Waals surface area contributed by atoms with E-state index in [1.807, 2.05) is 6.20 Å². The molecule has 24 heavy (non-hydrogen) atoms. The second kappa shape index (κ2) is 13.1. The second-order valence-corrected chi connectivity index (χ2v) is 5.03. The number of unbranched alkanes of at least 4 members (excludes halogenated alkanes) is 5. The molecule has 0 aliphatic rings. The first-order chi connectivity index (χ1) is 10.8. The van der Waals surface area contributed by atoms with E-state index in [1.54, 1.807) is 0 Å². The lowest BCUT2D eigenvalue weighted by atomic mass is 10.1. The summed E-state index contributed by atoms with van der Waals surface area (Å²) in [6.45, 7) is 2.26. The van der Waals surface area contributed by atoms with E-state index in [1.165, 1.54) is 50.8 Å². The smallest absolute Gasteiger partial charge is 0.418 e. The fourth-order valence-electron chi connectivity index (χ4n) is 1.76. The molecule has 0 saturated carbocycles. The molecule has 0 unspecified atom stereocenters. The molecule has 0 spiro atoms. The Bertz CT molecular complexity index is 382. The van der Waals surface area contributed by atoms with Gasteiger partial charge in [0, 0.05) is 6.42 Å². The third-order valence-electron chi connectivity index (χ3n) is 2.74. The summed E-state index contributed by atoms with van der Waals surface area (Å²) < 4.78 is 80.2. The molecule has 12 heteroatoms. The number of imidazole rings is 1. The van der Waals surface area contributed by atoms with E-state index < -0.39 is 14.5 Å². The van der Waals surface area contributed by atoms with Crippen LogP contribution in [0.15, 0.2) is 12.4 Å². The van der Waals surface area contributed by atoms with E-state index in [4.69, 9.17) is 0 Å². The number of hydrogen-bond donors (Lipinski definition) is 1. The Morgan fingerprint density at radius 2 is 1.25 bits per heavy atom. The average Bonchev–Trinajstić information content (AvgIpc) is 2.75. The number of nitrogens with zero attached hydrogens (tertiary/aromatic N) is 1. The van der Waals surface area contributed by atoms with Crippen molar-refractivity contribution in [1.29, 1.82) is 0 Å². The Kier molecular flexibility index (Phi) is 13.7. The Hall–Kier alpha value is -1.22. The molecular weight excluding hydrogens is 346 g/mol. The van der Waals surface area contributed by atoms with Crippen molar-refractivity contribution in [2.24, 2.45) is 7.05 Å². The van der Waals surface area contributed by atoms with Gasteiger partial charge in [-0.05, 0) is 6.42 Å². The average molecular weight is 369 g/mol. The van der Waals surface area contributed by atoms with Crippen LogP contribution in [-0.4, -0.2) is 19.5 Å². The van der Waals surface area contributed by atoms with Crippen molar-refractivity contribution in [3.05, 3.63) is 18.2 Å². The molecular formula is C12H23B2F8N2-. The SMILES string of the molecule is CCCCCCCCc1[nH]cc[n+]1C.F[B-](F)(F)F.F[B-](F)(F)F. The molecule has 1 heterocycles. The molecule has 0 bridgehead atoms. The second-order valence-electron chi connectivity index (χ2n) is 5.03. The molecule has 2 nitrogen and oxygen atoms in total. The summed E-state index contributed by atoms with van der Waals surface area (Å²) in [6, 6.07) is 0. The van der Waals surface area contributed by atoms with Crippen molar-refractivity contribution >= 4 is 14.5 Å². The number of aromatic nitrogens is 2. The predicted molar refractivity (Wildman–Crippen MR) is 79.4 cm³/mol. The molecule has 0 radical (unpaired) electrons. The first-order valence-corrected chi connectivity index (χ1v) is 7.61. The Morgan fingerprint density at radius 1 is 0.833 bits per heavy atom. The third-order valence-corrected chi connectivity index (χ3v) is 2.74. The molecule has 0 amide bonds. The zero-order valence-electron chi connectivity index (χ0n) is 13.7. The predicted octanol–water partition coefficient (Wildman–Crippen LogP) is 5.34. The van der Waals surface area contributed by atoms with Gasteiger partial charge in [0.15, 0.2) is 0 Å². The number of H-pyrrole nitrogens is 1. The van der Waals surface area contributed by atoms with Gasteiger partial charge in [0.1, 0.15) is 12.4 Å². The minimum atomic E-state index is -6.00. The highest BCUT2D eigenvalue weighted by Gasteiger charge is 2.21. The molecule has 0 aromatic carbocycles. The van der Waals surface area contributed by atoms with Crippen molar-refractivity contribution in [2.75, 3.05) is 0 Å². The molecule has 1 aromatic rings. The van der Waals surface area contributed by atoms with Crippen molar-refractivity contribution in [3.63, 3.8) is 0 Å². The fraction of sp³-hybridized carbons (Fsp3) is 0.750. The van der Waals surface area contributed by atoms with E-state index >= 15 is 0 Å². The maximum Gasteiger partial charge on any atom is 0.673 e. The molecule has 0 saturated heterocycles. The summed E-state index contributed by atoms with van der Waals surface area (Å²) >= 11 is 0. The van der Waals surface area contributed by atoms with Crippen LogP contribution in [0.4, 0.5) is 34.5 Å². The zero-order valence-corrected chi connectivity index (χ0v) is 13.7. The number of halogens is 8. The van der Waals surface area contributed by atoms with Crippen LogP contribution in [0.25, 0.3) is 0 Å². The quantitative estimate of drug-likeness (QED) is 0.290. The van der Waals surface area contributed by atoms with E-state index in [-0.39, 0.29) is 0 Å². The topological polar surface area (TPSA) is 19.7 Å². The summed E-state index contributed by atoms with van der Waals surface area (Å²) in [5.74, 6) is 1.35. The lowest BCUT2D eigenvalue weighted by molar-refractivity contribution is -0.677. The highest BCUT2D eigenvalue weighted by Crippen LogP contribution is 2.07. The normalized spacial score (nSPS) is 11.2. The highest BCUT2D eigenvalue weighted by atomic mass is 19.5. The fourth-order valence-corrected chi connectivity index (χ4v) is 1.76. The van der Waals surface area contributed by atoms with Crippen LogP contribution in [0.5, 0.6) is 0 Å². The van der Waals surface area contributed by atoms with Gasteiger partial charge in [0.05, 0.1) is 7.05 Å². The largest absolute Gasteiger partial charge is 0.673 e. The van der Waals surface area contributed by atoms with Gasteiger partial charge in [-0.25, -0.2) is 9.55 Å². The summed E-state index contributed by atoms with van der Waals surface area (Å²) in [5.41, 5.74) is 0. The van der Waals surface area contributed by atoms with Crippen LogP contribution in [0.1, 0.15) is 51.3 Å². The minimum absolute atomic E-state index is 1.19. The van der Waals surface area contributed by atoms with E-state index in [9.17, 15) is 34.5 Å². The molecule has 1 aromatic heterocycles. The van der Waals surface area contributed by atoms with Gasteiger partial charge in [0.25, 0.3) is 5.82 Å². The summed E-state index contributed by atoms with van der Waals surface area (Å²) in [5, 5.41) is 0. The zero-order chi connectivity index (χ0) is 19.2. The Labute approximate surface area is 136 Å². The van der Waals surface area contributed by atoms with Crippen molar-refractivity contribution in [3.8, 4) is 0 Å². The van der Waals surface area contributed by atoms with E-state index in [0.717, 1.165) is 0 Å². The van der Waals surface area contributed by atoms with Crippen LogP contribution in [0.3, 0.4) is 0 Å². The first kappa shape index (κ1) is 25.0. The van der Waals surface area contributed by atoms with Crippen LogP contribution in [0.2, 0.25) is 0 Å². The lowest BCUT2D eigenvalue weighted by Crippen LogP contribution is -2.30. The van der Waals surface area contributed by atoms with Gasteiger partial charge in [-0.1, -0.05) is 39.0 Å². The minimum Gasteiger partial charge on any atom is -0.418 e. The summed E-state index contributed by atoms with van der Waals surface area (Å²) in [6.07, 6.45) is 13.5. The van der Waals surface area contributed by atoms with Crippen LogP contribution < -0.4 is 4.57 Å². The molecule has 0 atom stereocenters. The van der Waals surface area contributed by atoms with Crippen LogP contribution in [0, 0.1) is 0 Å². The van der Waals surface area contributed by atoms with Crippen LogP contribution in [-0.2, 0) is 13.5 Å². The van der Waals surface area contributed by atoms with Gasteiger partial charge >= 0.3 is 14.5 Å². The number of aromatic amines is 1. The molecule has 0 aliphatic carbocycles. The number of nitrogens with one attached hydrogen (secondary N) is 1. The van der Waals surface area contributed by atoms with Gasteiger partial charge < -0.3 is 34.5 Å². The van der Waals surface area contributed by atoms with Gasteiger partial charge in [-0.3, -0.25) is 0 Å². The maximum atomic E-state index is 9.75. The lowest BCUT2D eigenvalue weighted by Gasteiger charge is -1.98. The molecule has 0 fully saturated rings. The molecule has 144 valence electrons. The highest BCUT2D eigenvalue weighted by molar-refractivity contribution is 6.50. The maximum absolute atomic E-state index is 9.75. The van der Waals surface area contributed by atoms with E-state index in [0.29, 0.717) is 0 Å². The molecule has 0 aliphatic heterocycles. The number of aryl methyl sites for hydroxylation is 2. The summed E-state index contributed by atoms with van der Waals surface area (Å²) in [7, 11) is -9.90. The van der Waals surface area contributed by atoms with Gasteiger partial charge in [-0.15, -0.1) is 0 Å². The monoisotopic (exact) mass is 369 g/mol. The van der Waals surface area contributed by atoms with E-state index in [2.05, 4.69) is 29.7 Å². The molecule has 1 N–H and O–H groups in total.